The lowest BCUT2D eigenvalue weighted by Gasteiger charge is -2.44. The van der Waals surface area contributed by atoms with Crippen molar-refractivity contribution in [3.8, 4) is 22.8 Å². The van der Waals surface area contributed by atoms with Crippen LogP contribution in [-0.4, -0.2) is 74.7 Å². The molecule has 0 aliphatic carbocycles. The summed E-state index contributed by atoms with van der Waals surface area (Å²) in [5, 5.41) is 7.51. The molecule has 2 bridgehead atoms. The first-order chi connectivity index (χ1) is 25.0. The first-order valence-electron chi connectivity index (χ1n) is 16.7. The number of fused-ring (bicyclic) bond motifs is 2. The summed E-state index contributed by atoms with van der Waals surface area (Å²) in [5.41, 5.74) is -0.217. The van der Waals surface area contributed by atoms with Gasteiger partial charge in [0.25, 0.3) is 11.5 Å². The summed E-state index contributed by atoms with van der Waals surface area (Å²) in [6.45, 7) is 7.23. The standard InChI is InChI=1S/C31H30F3N7O2.C6H6O3S/c1-35-20-8-10-22(11-9-20)39-26(14-15-36-39)28-27(29(42)37-21-17-24-12-13-25(18-21)41(24,3)4)30(43)40(38(28)2)23-7-5-6-19(16-23)31(32,33)34;7-10(8,9)6-4-2-1-3-5-6/h5-11,14-16,21,24-25H,12-13,17-18H2,2-4H3;1-5H,(H,7,8,9)/t21?,24-,25+;. The maximum Gasteiger partial charge on any atom is 0.416 e. The second-order valence-corrected chi connectivity index (χ2v) is 15.0. The highest BCUT2D eigenvalue weighted by atomic mass is 32.2. The Balaban J connectivity index is 0.000000417. The van der Waals surface area contributed by atoms with E-state index in [-0.39, 0.29) is 27.9 Å². The number of hydrogen-bond donors (Lipinski definition) is 1. The summed E-state index contributed by atoms with van der Waals surface area (Å²) in [6.07, 6.45) is 0.624. The fourth-order valence-electron chi connectivity index (χ4n) is 7.41. The van der Waals surface area contributed by atoms with Gasteiger partial charge in [0.15, 0.2) is 5.69 Å². The quantitative estimate of drug-likeness (QED) is 0.135. The third-order valence-corrected chi connectivity index (χ3v) is 11.1. The molecule has 0 radical (unpaired) electrons. The molecule has 16 heteroatoms. The summed E-state index contributed by atoms with van der Waals surface area (Å²) in [6, 6.07) is 20.6. The van der Waals surface area contributed by atoms with Crippen LogP contribution in [0.5, 0.6) is 0 Å². The van der Waals surface area contributed by atoms with Crippen LogP contribution in [0.3, 0.4) is 0 Å². The average Bonchev–Trinajstić information content (AvgIpc) is 3.71. The van der Waals surface area contributed by atoms with E-state index in [1.165, 1.54) is 59.0 Å². The second-order valence-electron chi connectivity index (χ2n) is 13.6. The van der Waals surface area contributed by atoms with Crippen molar-refractivity contribution in [2.75, 3.05) is 14.1 Å². The number of amides is 1. The molecule has 3 atom stereocenters. The van der Waals surface area contributed by atoms with E-state index < -0.39 is 33.3 Å². The number of halogens is 3. The van der Waals surface area contributed by atoms with Crippen LogP contribution < -0.4 is 10.9 Å². The molecule has 1 unspecified atom stereocenters. The van der Waals surface area contributed by atoms with E-state index in [2.05, 4.69) is 29.4 Å². The number of nitrogens with zero attached hydrogens (tertiary/aromatic N) is 6. The van der Waals surface area contributed by atoms with Crippen LogP contribution in [0, 0.1) is 6.57 Å². The zero-order valence-corrected chi connectivity index (χ0v) is 29.8. The van der Waals surface area contributed by atoms with Gasteiger partial charge in [0.2, 0.25) is 0 Å². The van der Waals surface area contributed by atoms with E-state index in [1.807, 2.05) is 0 Å². The van der Waals surface area contributed by atoms with E-state index in [4.69, 9.17) is 6.57 Å². The molecule has 276 valence electrons. The zero-order chi connectivity index (χ0) is 38.3. The van der Waals surface area contributed by atoms with Crippen molar-refractivity contribution in [2.45, 2.75) is 54.9 Å². The van der Waals surface area contributed by atoms with Crippen molar-refractivity contribution in [1.82, 2.24) is 24.5 Å². The minimum absolute atomic E-state index is 0.0233. The van der Waals surface area contributed by atoms with Gasteiger partial charge in [-0.2, -0.15) is 18.3 Å². The van der Waals surface area contributed by atoms with Gasteiger partial charge >= 0.3 is 6.18 Å². The number of aromatic nitrogens is 4. The largest absolute Gasteiger partial charge is 0.744 e. The third-order valence-electron chi connectivity index (χ3n) is 10.2. The predicted octanol–water partition coefficient (Wildman–Crippen LogP) is 5.69. The summed E-state index contributed by atoms with van der Waals surface area (Å²) in [4.78, 5) is 31.3. The fraction of sp³-hybridized carbons (Fsp3) is 0.297. The number of carbonyl (C=O) groups excluding carboxylic acids is 1. The lowest BCUT2D eigenvalue weighted by atomic mass is 9.95. The molecule has 53 heavy (non-hydrogen) atoms. The number of piperidine rings is 1. The number of quaternary nitrogens is 1. The Morgan fingerprint density at radius 2 is 1.60 bits per heavy atom. The Morgan fingerprint density at radius 3 is 2.17 bits per heavy atom. The van der Waals surface area contributed by atoms with Crippen LogP contribution in [0.4, 0.5) is 18.9 Å². The molecule has 0 spiro atoms. The predicted molar refractivity (Wildman–Crippen MR) is 189 cm³/mol. The zero-order valence-electron chi connectivity index (χ0n) is 29.0. The van der Waals surface area contributed by atoms with Crippen molar-refractivity contribution < 1.29 is 35.4 Å². The molecular formula is C37H36F3N7O5S. The molecule has 2 aromatic heterocycles. The summed E-state index contributed by atoms with van der Waals surface area (Å²) in [7, 11) is 1.72. The number of hydrogen-bond acceptors (Lipinski definition) is 6. The number of rotatable bonds is 6. The Morgan fingerprint density at radius 1 is 0.962 bits per heavy atom. The van der Waals surface area contributed by atoms with E-state index in [0.29, 0.717) is 29.2 Å². The van der Waals surface area contributed by atoms with Gasteiger partial charge in [-0.05, 0) is 48.5 Å². The Kier molecular flexibility index (Phi) is 9.94. The van der Waals surface area contributed by atoms with Gasteiger partial charge in [-0.25, -0.2) is 22.6 Å². The van der Waals surface area contributed by atoms with Crippen LogP contribution in [0.25, 0.3) is 27.6 Å². The molecule has 5 aromatic rings. The van der Waals surface area contributed by atoms with E-state index in [9.17, 15) is 35.7 Å². The topological polar surface area (TPSA) is 135 Å². The van der Waals surface area contributed by atoms with Crippen molar-refractivity contribution >= 4 is 21.7 Å². The van der Waals surface area contributed by atoms with E-state index >= 15 is 0 Å². The molecule has 7 rings (SSSR count). The number of nitrogens with one attached hydrogen (secondary N) is 1. The van der Waals surface area contributed by atoms with Crippen molar-refractivity contribution in [3.63, 3.8) is 0 Å². The summed E-state index contributed by atoms with van der Waals surface area (Å²) < 4.78 is 76.6. The first kappa shape index (κ1) is 37.3. The number of carbonyl (C=O) groups is 1. The van der Waals surface area contributed by atoms with Gasteiger partial charge in [-0.3, -0.25) is 14.3 Å². The van der Waals surface area contributed by atoms with Gasteiger partial charge in [-0.15, -0.1) is 0 Å². The highest BCUT2D eigenvalue weighted by Gasteiger charge is 2.49. The molecule has 1 amide bonds. The molecule has 2 fully saturated rings. The van der Waals surface area contributed by atoms with Crippen LogP contribution in [0.15, 0.2) is 101 Å². The molecule has 3 aromatic carbocycles. The maximum atomic E-state index is 14.1. The van der Waals surface area contributed by atoms with E-state index in [0.717, 1.165) is 47.0 Å². The smallest absolute Gasteiger partial charge is 0.416 e. The average molecular weight is 748 g/mol. The third kappa shape index (κ3) is 7.41. The van der Waals surface area contributed by atoms with Crippen molar-refractivity contribution in [3.05, 3.63) is 124 Å². The van der Waals surface area contributed by atoms with Gasteiger partial charge in [0.1, 0.15) is 21.4 Å². The number of alkyl halides is 3. The number of benzene rings is 3. The molecule has 2 saturated heterocycles. The van der Waals surface area contributed by atoms with Gasteiger partial charge in [-0.1, -0.05) is 36.4 Å². The minimum Gasteiger partial charge on any atom is -0.744 e. The molecule has 2 aliphatic rings. The summed E-state index contributed by atoms with van der Waals surface area (Å²) >= 11 is 0. The van der Waals surface area contributed by atoms with Gasteiger partial charge in [0.05, 0.1) is 66.5 Å². The maximum absolute atomic E-state index is 14.1. The highest BCUT2D eigenvalue weighted by Crippen LogP contribution is 2.40. The molecule has 2 aliphatic heterocycles. The molecule has 1 N–H and O–H groups in total. The molecular weight excluding hydrogens is 712 g/mol. The SMILES string of the molecule is O=S(=O)([O-])c1ccccc1.[C-]#[N+]c1ccc(-n2nccc2-c2c(C(=O)NC3C[C@H]4CC[C@@H](C3)[N+]4(C)C)c(=O)n(-c3cccc(C(F)(F)F)c3)n2C)cc1. The lowest BCUT2D eigenvalue weighted by molar-refractivity contribution is -0.930. The van der Waals surface area contributed by atoms with Gasteiger partial charge in [0, 0.05) is 38.8 Å². The molecule has 0 saturated carbocycles. The van der Waals surface area contributed by atoms with Crippen molar-refractivity contribution in [1.29, 1.82) is 0 Å². The molecule has 12 nitrogen and oxygen atoms in total. The Bertz CT molecular complexity index is 2340. The second kappa shape index (κ2) is 14.1. The highest BCUT2D eigenvalue weighted by molar-refractivity contribution is 7.85. The van der Waals surface area contributed by atoms with E-state index in [1.54, 1.807) is 36.4 Å². The van der Waals surface area contributed by atoms with Gasteiger partial charge < -0.3 is 14.4 Å². The normalized spacial score (nSPS) is 19.2. The van der Waals surface area contributed by atoms with Crippen LogP contribution in [-0.2, 0) is 23.3 Å². The first-order valence-corrected chi connectivity index (χ1v) is 18.1. The Labute approximate surface area is 303 Å². The van der Waals surface area contributed by atoms with Crippen molar-refractivity contribution in [2.24, 2.45) is 7.05 Å². The Hall–Kier alpha value is -5.50. The minimum atomic E-state index is -4.61. The fourth-order valence-corrected chi connectivity index (χ4v) is 7.90. The summed E-state index contributed by atoms with van der Waals surface area (Å²) in [5.74, 6) is -0.575. The van der Waals surface area contributed by atoms with Crippen LogP contribution >= 0.6 is 0 Å². The van der Waals surface area contributed by atoms with Crippen LogP contribution in [0.1, 0.15) is 41.6 Å². The lowest BCUT2D eigenvalue weighted by Crippen LogP contribution is -2.58. The monoisotopic (exact) mass is 747 g/mol. The molecule has 4 heterocycles. The van der Waals surface area contributed by atoms with Crippen LogP contribution in [0.2, 0.25) is 0 Å².